The molecule has 0 radical (unpaired) electrons. The smallest absolute Gasteiger partial charge is 0.250 e. The number of thiophene rings is 1. The highest BCUT2D eigenvalue weighted by Gasteiger charge is 2.27. The van der Waals surface area contributed by atoms with E-state index in [2.05, 4.69) is 4.90 Å². The van der Waals surface area contributed by atoms with E-state index in [1.807, 2.05) is 12.1 Å². The number of rotatable bonds is 8. The van der Waals surface area contributed by atoms with Crippen LogP contribution in [-0.4, -0.2) is 54.6 Å². The number of ketones is 1. The van der Waals surface area contributed by atoms with E-state index in [1.54, 1.807) is 31.1 Å². The molecule has 0 saturated heterocycles. The van der Waals surface area contributed by atoms with Crippen molar-refractivity contribution in [2.45, 2.75) is 32.2 Å². The van der Waals surface area contributed by atoms with Gasteiger partial charge >= 0.3 is 0 Å². The third-order valence-corrected chi connectivity index (χ3v) is 6.74. The van der Waals surface area contributed by atoms with Crippen molar-refractivity contribution in [3.8, 4) is 0 Å². The fourth-order valence-electron chi connectivity index (χ4n) is 3.66. The normalized spacial score (nSPS) is 13.7. The van der Waals surface area contributed by atoms with Crippen molar-refractivity contribution in [3.05, 3.63) is 55.7 Å². The SMILES string of the molecule is CN(C)C(=O)CCN1CCc2c(sc(CC(=O)Cc3ccc(Cl)cc3)c2C(N)=O)C1. The van der Waals surface area contributed by atoms with Gasteiger partial charge in [-0.05, 0) is 29.7 Å². The minimum absolute atomic E-state index is 0.0341. The second kappa shape index (κ2) is 9.73. The molecule has 2 heterocycles. The lowest BCUT2D eigenvalue weighted by atomic mass is 9.98. The predicted molar refractivity (Wildman–Crippen MR) is 119 cm³/mol. The van der Waals surface area contributed by atoms with Gasteiger partial charge in [0.05, 0.1) is 5.56 Å². The number of amides is 2. The van der Waals surface area contributed by atoms with E-state index in [9.17, 15) is 14.4 Å². The molecule has 0 unspecified atom stereocenters. The number of Topliss-reactive ketones (excluding diaryl/α,β-unsaturated/α-hetero) is 1. The van der Waals surface area contributed by atoms with Crippen LogP contribution < -0.4 is 5.73 Å². The Hall–Kier alpha value is -2.22. The fourth-order valence-corrected chi connectivity index (χ4v) is 5.22. The van der Waals surface area contributed by atoms with Gasteiger partial charge in [0, 0.05) is 67.8 Å². The number of carbonyl (C=O) groups excluding carboxylic acids is 3. The van der Waals surface area contributed by atoms with Crippen LogP contribution in [0.3, 0.4) is 0 Å². The molecule has 6 nitrogen and oxygen atoms in total. The summed E-state index contributed by atoms with van der Waals surface area (Å²) in [7, 11) is 3.50. The summed E-state index contributed by atoms with van der Waals surface area (Å²) < 4.78 is 0. The van der Waals surface area contributed by atoms with Crippen molar-refractivity contribution >= 4 is 40.5 Å². The quantitative estimate of drug-likeness (QED) is 0.674. The first kappa shape index (κ1) is 22.5. The molecule has 1 aromatic carbocycles. The van der Waals surface area contributed by atoms with Gasteiger partial charge < -0.3 is 10.6 Å². The van der Waals surface area contributed by atoms with Crippen LogP contribution >= 0.6 is 22.9 Å². The third-order valence-electron chi connectivity index (χ3n) is 5.27. The lowest BCUT2D eigenvalue weighted by molar-refractivity contribution is -0.129. The molecule has 30 heavy (non-hydrogen) atoms. The molecule has 0 aliphatic carbocycles. The van der Waals surface area contributed by atoms with Crippen LogP contribution in [0.25, 0.3) is 0 Å². The Morgan fingerprint density at radius 1 is 1.17 bits per heavy atom. The van der Waals surface area contributed by atoms with Gasteiger partial charge in [-0.25, -0.2) is 0 Å². The predicted octanol–water partition coefficient (Wildman–Crippen LogP) is 2.69. The van der Waals surface area contributed by atoms with Crippen LogP contribution in [0.1, 0.15) is 37.7 Å². The zero-order valence-corrected chi connectivity index (χ0v) is 18.8. The summed E-state index contributed by atoms with van der Waals surface area (Å²) in [6.45, 7) is 2.11. The monoisotopic (exact) mass is 447 g/mol. The lowest BCUT2D eigenvalue weighted by Gasteiger charge is -2.27. The minimum atomic E-state index is -0.474. The van der Waals surface area contributed by atoms with Crippen LogP contribution in [0.2, 0.25) is 5.02 Å². The molecule has 2 N–H and O–H groups in total. The number of fused-ring (bicyclic) bond motifs is 1. The van der Waals surface area contributed by atoms with E-state index in [-0.39, 0.29) is 24.5 Å². The van der Waals surface area contributed by atoms with Gasteiger partial charge in [0.25, 0.3) is 0 Å². The molecule has 1 aromatic heterocycles. The van der Waals surface area contributed by atoms with Crippen LogP contribution in [0.15, 0.2) is 24.3 Å². The fraction of sp³-hybridized carbons (Fsp3) is 0.409. The van der Waals surface area contributed by atoms with Gasteiger partial charge in [0.15, 0.2) is 0 Å². The highest BCUT2D eigenvalue weighted by atomic mass is 35.5. The Labute approximate surface area is 185 Å². The summed E-state index contributed by atoms with van der Waals surface area (Å²) in [5.41, 5.74) is 8.05. The van der Waals surface area contributed by atoms with E-state index < -0.39 is 5.91 Å². The molecule has 0 fully saturated rings. The number of carbonyl (C=O) groups is 3. The Morgan fingerprint density at radius 2 is 1.87 bits per heavy atom. The van der Waals surface area contributed by atoms with Crippen molar-refractivity contribution in [1.29, 1.82) is 0 Å². The molecular weight excluding hydrogens is 422 g/mol. The van der Waals surface area contributed by atoms with Crippen LogP contribution in [0, 0.1) is 0 Å². The number of hydrogen-bond donors (Lipinski definition) is 1. The van der Waals surface area contributed by atoms with Gasteiger partial charge in [-0.2, -0.15) is 0 Å². The lowest BCUT2D eigenvalue weighted by Crippen LogP contribution is -2.34. The maximum absolute atomic E-state index is 12.6. The molecule has 2 aromatic rings. The first-order chi connectivity index (χ1) is 14.2. The molecule has 1 aliphatic rings. The molecule has 0 saturated carbocycles. The Bertz CT molecular complexity index is 953. The van der Waals surface area contributed by atoms with Crippen LogP contribution in [0.4, 0.5) is 0 Å². The zero-order chi connectivity index (χ0) is 21.8. The highest BCUT2D eigenvalue weighted by Crippen LogP contribution is 2.34. The molecule has 160 valence electrons. The Morgan fingerprint density at radius 3 is 2.50 bits per heavy atom. The summed E-state index contributed by atoms with van der Waals surface area (Å²) in [5, 5.41) is 0.630. The molecule has 3 rings (SSSR count). The second-order valence-electron chi connectivity index (χ2n) is 7.75. The first-order valence-electron chi connectivity index (χ1n) is 9.86. The van der Waals surface area contributed by atoms with E-state index in [1.165, 1.54) is 11.3 Å². The van der Waals surface area contributed by atoms with Gasteiger partial charge in [-0.15, -0.1) is 11.3 Å². The highest BCUT2D eigenvalue weighted by molar-refractivity contribution is 7.12. The summed E-state index contributed by atoms with van der Waals surface area (Å²) in [4.78, 5) is 42.3. The summed E-state index contributed by atoms with van der Waals surface area (Å²) >= 11 is 7.39. The average molecular weight is 448 g/mol. The molecule has 0 atom stereocenters. The molecule has 1 aliphatic heterocycles. The van der Waals surface area contributed by atoms with Crippen molar-refractivity contribution in [2.24, 2.45) is 5.73 Å². The number of hydrogen-bond acceptors (Lipinski definition) is 5. The number of nitrogens with two attached hydrogens (primary N) is 1. The second-order valence-corrected chi connectivity index (χ2v) is 9.38. The van der Waals surface area contributed by atoms with Crippen molar-refractivity contribution < 1.29 is 14.4 Å². The van der Waals surface area contributed by atoms with Crippen molar-refractivity contribution in [2.75, 3.05) is 27.2 Å². The Kier molecular flexibility index (Phi) is 7.28. The number of benzene rings is 1. The van der Waals surface area contributed by atoms with Gasteiger partial charge in [0.2, 0.25) is 11.8 Å². The standard InChI is InChI=1S/C22H26ClN3O3S/c1-25(2)20(28)8-10-26-9-7-17-19(13-26)30-18(21(17)22(24)29)12-16(27)11-14-3-5-15(23)6-4-14/h3-6H,7-13H2,1-2H3,(H2,24,29). The van der Waals surface area contributed by atoms with Gasteiger partial charge in [-0.1, -0.05) is 23.7 Å². The summed E-state index contributed by atoms with van der Waals surface area (Å²) in [6, 6.07) is 7.19. The summed E-state index contributed by atoms with van der Waals surface area (Å²) in [5.74, 6) is -0.344. The van der Waals surface area contributed by atoms with E-state index in [0.717, 1.165) is 27.4 Å². The average Bonchev–Trinajstić information content (AvgIpc) is 3.04. The van der Waals surface area contributed by atoms with Crippen molar-refractivity contribution in [3.63, 3.8) is 0 Å². The van der Waals surface area contributed by atoms with Gasteiger partial charge in [-0.3, -0.25) is 19.3 Å². The number of nitrogens with zero attached hydrogens (tertiary/aromatic N) is 2. The van der Waals surface area contributed by atoms with E-state index in [0.29, 0.717) is 36.5 Å². The molecule has 0 bridgehead atoms. The maximum atomic E-state index is 12.6. The number of primary amides is 1. The van der Waals surface area contributed by atoms with E-state index >= 15 is 0 Å². The number of halogens is 1. The maximum Gasteiger partial charge on any atom is 0.250 e. The van der Waals surface area contributed by atoms with Gasteiger partial charge in [0.1, 0.15) is 5.78 Å². The molecule has 2 amide bonds. The van der Waals surface area contributed by atoms with Crippen molar-refractivity contribution in [1.82, 2.24) is 9.80 Å². The Balaban J connectivity index is 1.70. The zero-order valence-electron chi connectivity index (χ0n) is 17.2. The minimum Gasteiger partial charge on any atom is -0.366 e. The molecule has 8 heteroatoms. The molecular formula is C22H26ClN3O3S. The van der Waals surface area contributed by atoms with E-state index in [4.69, 9.17) is 17.3 Å². The third kappa shape index (κ3) is 5.47. The van der Waals surface area contributed by atoms with Crippen LogP contribution in [0.5, 0.6) is 0 Å². The summed E-state index contributed by atoms with van der Waals surface area (Å²) in [6.07, 6.45) is 1.64. The largest absolute Gasteiger partial charge is 0.366 e. The topological polar surface area (TPSA) is 83.7 Å². The molecule has 0 spiro atoms. The first-order valence-corrected chi connectivity index (χ1v) is 11.1. The van der Waals surface area contributed by atoms with Crippen LogP contribution in [-0.2, 0) is 35.4 Å².